The van der Waals surface area contributed by atoms with E-state index in [9.17, 15) is 0 Å². The van der Waals surface area contributed by atoms with Gasteiger partial charge in [0, 0.05) is 11.9 Å². The van der Waals surface area contributed by atoms with Crippen LogP contribution in [0.5, 0.6) is 0 Å². The molecule has 1 fully saturated rings. The quantitative estimate of drug-likeness (QED) is 0.457. The minimum Gasteiger partial charge on any atom is -0.266 e. The first-order valence-electron chi connectivity index (χ1n) is 5.95. The second kappa shape index (κ2) is 9.70. The minimum atomic E-state index is 1.04. The molecule has 0 atom stereocenters. The number of allylic oxidation sites excluding steroid dienone is 2. The van der Waals surface area contributed by atoms with E-state index in [-0.39, 0.29) is 0 Å². The molecule has 1 heteroatoms. The van der Waals surface area contributed by atoms with Gasteiger partial charge in [-0.3, -0.25) is 4.99 Å². The fraction of sp³-hybridized carbons (Fsp3) is 0.643. The molecule has 0 aromatic heterocycles. The van der Waals surface area contributed by atoms with Crippen molar-refractivity contribution >= 4 is 5.71 Å². The van der Waals surface area contributed by atoms with Gasteiger partial charge in [-0.25, -0.2) is 0 Å². The Kier molecular flexibility index (Phi) is 9.15. The normalized spacial score (nSPS) is 16.7. The molecule has 1 nitrogen and oxygen atoms in total. The Morgan fingerprint density at radius 1 is 1.20 bits per heavy atom. The van der Waals surface area contributed by atoms with Crippen LogP contribution in [0.2, 0.25) is 0 Å². The molecule has 0 aromatic rings. The van der Waals surface area contributed by atoms with Crippen LogP contribution in [0.15, 0.2) is 29.9 Å². The van der Waals surface area contributed by atoms with Crippen molar-refractivity contribution in [2.45, 2.75) is 52.9 Å². The lowest BCUT2D eigenvalue weighted by Gasteiger charge is -2.15. The SMILES string of the molecule is C=C/C=C\N=C(C)C.CC1CCCCC1. The molecular weight excluding hydrogens is 182 g/mol. The Morgan fingerprint density at radius 3 is 2.13 bits per heavy atom. The van der Waals surface area contributed by atoms with Gasteiger partial charge in [0.05, 0.1) is 0 Å². The highest BCUT2D eigenvalue weighted by Crippen LogP contribution is 2.22. The van der Waals surface area contributed by atoms with E-state index in [4.69, 9.17) is 0 Å². The summed E-state index contributed by atoms with van der Waals surface area (Å²) in [5, 5.41) is 0. The summed E-state index contributed by atoms with van der Waals surface area (Å²) in [6.45, 7) is 9.77. The van der Waals surface area contributed by atoms with Crippen LogP contribution < -0.4 is 0 Å². The van der Waals surface area contributed by atoms with E-state index in [1.807, 2.05) is 13.8 Å². The lowest BCUT2D eigenvalue weighted by atomic mass is 9.91. The van der Waals surface area contributed by atoms with Crippen LogP contribution in [0.3, 0.4) is 0 Å². The van der Waals surface area contributed by atoms with Gasteiger partial charge < -0.3 is 0 Å². The summed E-state index contributed by atoms with van der Waals surface area (Å²) in [6.07, 6.45) is 12.7. The van der Waals surface area contributed by atoms with E-state index >= 15 is 0 Å². The predicted molar refractivity (Wildman–Crippen MR) is 70.4 cm³/mol. The fourth-order valence-electron chi connectivity index (χ4n) is 1.56. The smallest absolute Gasteiger partial charge is 0.0266 e. The van der Waals surface area contributed by atoms with Gasteiger partial charge in [-0.1, -0.05) is 51.7 Å². The van der Waals surface area contributed by atoms with Crippen LogP contribution in [0.25, 0.3) is 0 Å². The van der Waals surface area contributed by atoms with Gasteiger partial charge in [0.15, 0.2) is 0 Å². The van der Waals surface area contributed by atoms with Gasteiger partial charge in [-0.05, 0) is 25.8 Å². The lowest BCUT2D eigenvalue weighted by molar-refractivity contribution is 0.385. The van der Waals surface area contributed by atoms with E-state index < -0.39 is 0 Å². The molecule has 0 unspecified atom stereocenters. The molecule has 0 saturated heterocycles. The topological polar surface area (TPSA) is 12.4 Å². The Hall–Kier alpha value is -0.850. The van der Waals surface area contributed by atoms with E-state index in [0.29, 0.717) is 0 Å². The number of hydrogen-bond acceptors (Lipinski definition) is 1. The molecule has 0 heterocycles. The molecule has 0 bridgehead atoms. The van der Waals surface area contributed by atoms with Gasteiger partial charge in [-0.2, -0.15) is 0 Å². The summed E-state index contributed by atoms with van der Waals surface area (Å²) in [7, 11) is 0. The summed E-state index contributed by atoms with van der Waals surface area (Å²) < 4.78 is 0. The molecule has 0 amide bonds. The lowest BCUT2D eigenvalue weighted by Crippen LogP contribution is -1.99. The molecule has 1 aliphatic carbocycles. The molecular formula is C14H25N. The zero-order valence-corrected chi connectivity index (χ0v) is 10.5. The summed E-state index contributed by atoms with van der Waals surface area (Å²) in [5.74, 6) is 1.04. The number of hydrogen-bond donors (Lipinski definition) is 0. The van der Waals surface area contributed by atoms with Crippen molar-refractivity contribution in [2.24, 2.45) is 10.9 Å². The average Bonchev–Trinajstić information content (AvgIpc) is 2.20. The molecule has 1 rings (SSSR count). The zero-order chi connectivity index (χ0) is 11.5. The molecule has 86 valence electrons. The first-order chi connectivity index (χ1) is 7.16. The van der Waals surface area contributed by atoms with Gasteiger partial charge in [0.1, 0.15) is 0 Å². The molecule has 0 aliphatic heterocycles. The van der Waals surface area contributed by atoms with Crippen molar-refractivity contribution < 1.29 is 0 Å². The van der Waals surface area contributed by atoms with Crippen LogP contribution >= 0.6 is 0 Å². The van der Waals surface area contributed by atoms with E-state index in [1.165, 1.54) is 32.1 Å². The number of nitrogens with zero attached hydrogens (tertiary/aromatic N) is 1. The Morgan fingerprint density at radius 2 is 1.80 bits per heavy atom. The van der Waals surface area contributed by atoms with Crippen molar-refractivity contribution in [1.82, 2.24) is 0 Å². The Labute approximate surface area is 95.0 Å². The molecule has 0 radical (unpaired) electrons. The van der Waals surface area contributed by atoms with Crippen LogP contribution in [0, 0.1) is 5.92 Å². The molecule has 0 aromatic carbocycles. The van der Waals surface area contributed by atoms with Crippen LogP contribution in [0.1, 0.15) is 52.9 Å². The Balaban J connectivity index is 0.000000262. The maximum atomic E-state index is 3.98. The first kappa shape index (κ1) is 14.2. The monoisotopic (exact) mass is 207 g/mol. The predicted octanol–water partition coefficient (Wildman–Crippen LogP) is 4.75. The molecule has 15 heavy (non-hydrogen) atoms. The van der Waals surface area contributed by atoms with Crippen molar-refractivity contribution in [1.29, 1.82) is 0 Å². The maximum absolute atomic E-state index is 3.98. The molecule has 1 saturated carbocycles. The van der Waals surface area contributed by atoms with Gasteiger partial charge in [0.25, 0.3) is 0 Å². The number of aliphatic imine (C=N–C) groups is 1. The van der Waals surface area contributed by atoms with Crippen LogP contribution in [-0.4, -0.2) is 5.71 Å². The third-order valence-corrected chi connectivity index (χ3v) is 2.45. The zero-order valence-electron chi connectivity index (χ0n) is 10.5. The minimum absolute atomic E-state index is 1.04. The second-order valence-electron chi connectivity index (χ2n) is 4.40. The van der Waals surface area contributed by atoms with Crippen LogP contribution in [-0.2, 0) is 0 Å². The van der Waals surface area contributed by atoms with Gasteiger partial charge in [-0.15, -0.1) is 0 Å². The fourth-order valence-corrected chi connectivity index (χ4v) is 1.56. The molecule has 0 spiro atoms. The van der Waals surface area contributed by atoms with Gasteiger partial charge in [0.2, 0.25) is 0 Å². The third-order valence-electron chi connectivity index (χ3n) is 2.45. The summed E-state index contributed by atoms with van der Waals surface area (Å²) >= 11 is 0. The third kappa shape index (κ3) is 11.1. The van der Waals surface area contributed by atoms with Crippen molar-refractivity contribution in [2.75, 3.05) is 0 Å². The Bertz CT molecular complexity index is 203. The maximum Gasteiger partial charge on any atom is 0.0266 e. The van der Waals surface area contributed by atoms with E-state index in [1.54, 1.807) is 18.4 Å². The largest absolute Gasteiger partial charge is 0.266 e. The van der Waals surface area contributed by atoms with E-state index in [0.717, 1.165) is 11.6 Å². The standard InChI is InChI=1S/C7H11N.C7H14/c1-4-5-6-8-7(2)3;1-7-5-3-2-4-6-7/h4-6H,1H2,2-3H3;7H,2-6H2,1H3/b6-5-;. The van der Waals surface area contributed by atoms with E-state index in [2.05, 4.69) is 18.5 Å². The summed E-state index contributed by atoms with van der Waals surface area (Å²) in [4.78, 5) is 3.98. The van der Waals surface area contributed by atoms with Crippen molar-refractivity contribution in [3.63, 3.8) is 0 Å². The van der Waals surface area contributed by atoms with Gasteiger partial charge >= 0.3 is 0 Å². The summed E-state index contributed by atoms with van der Waals surface area (Å²) in [5.41, 5.74) is 1.06. The first-order valence-corrected chi connectivity index (χ1v) is 5.95. The highest BCUT2D eigenvalue weighted by molar-refractivity contribution is 5.79. The van der Waals surface area contributed by atoms with Crippen molar-refractivity contribution in [3.8, 4) is 0 Å². The second-order valence-corrected chi connectivity index (χ2v) is 4.40. The molecule has 0 N–H and O–H groups in total. The highest BCUT2D eigenvalue weighted by atomic mass is 14.7. The highest BCUT2D eigenvalue weighted by Gasteiger charge is 2.05. The molecule has 1 aliphatic rings. The summed E-state index contributed by atoms with van der Waals surface area (Å²) in [6, 6.07) is 0. The van der Waals surface area contributed by atoms with Crippen molar-refractivity contribution in [3.05, 3.63) is 24.9 Å². The van der Waals surface area contributed by atoms with Crippen LogP contribution in [0.4, 0.5) is 0 Å². The average molecular weight is 207 g/mol. The number of rotatable bonds is 2.